The topological polar surface area (TPSA) is 89.3 Å². The third kappa shape index (κ3) is 4.74. The van der Waals surface area contributed by atoms with Gasteiger partial charge in [-0.15, -0.1) is 0 Å². The van der Waals surface area contributed by atoms with Crippen LogP contribution in [-0.4, -0.2) is 25.8 Å². The summed E-state index contributed by atoms with van der Waals surface area (Å²) in [6.45, 7) is 0. The van der Waals surface area contributed by atoms with Crippen molar-refractivity contribution in [2.45, 2.75) is 56.3 Å². The summed E-state index contributed by atoms with van der Waals surface area (Å²) in [5.41, 5.74) is 1.21. The Morgan fingerprint density at radius 1 is 1.04 bits per heavy atom. The fourth-order valence-electron chi connectivity index (χ4n) is 6.10. The van der Waals surface area contributed by atoms with Gasteiger partial charge in [0.1, 0.15) is 0 Å². The quantitative estimate of drug-likeness (QED) is 0.620. The van der Waals surface area contributed by atoms with E-state index in [-0.39, 0.29) is 10.8 Å². The minimum absolute atomic E-state index is 0.0364. The summed E-state index contributed by atoms with van der Waals surface area (Å²) in [4.78, 5) is 12.2. The fraction of sp³-hybridized carbons (Fsp3) is 0.667. The zero-order chi connectivity index (χ0) is 19.8. The predicted molar refractivity (Wildman–Crippen MR) is 114 cm³/mol. The molecule has 0 saturated heterocycles. The molecule has 154 valence electrons. The number of rotatable bonds is 8. The van der Waals surface area contributed by atoms with Crippen LogP contribution in [0.4, 0.5) is 5.69 Å². The van der Waals surface area contributed by atoms with Gasteiger partial charge in [-0.05, 0) is 98.1 Å². The lowest BCUT2D eigenvalue weighted by Gasteiger charge is -2.57. The molecule has 1 aromatic rings. The van der Waals surface area contributed by atoms with Crippen LogP contribution in [0.15, 0.2) is 29.2 Å². The zero-order valence-electron chi connectivity index (χ0n) is 16.2. The Labute approximate surface area is 172 Å². The molecule has 1 aromatic carbocycles. The van der Waals surface area contributed by atoms with Crippen LogP contribution in [0.3, 0.4) is 0 Å². The van der Waals surface area contributed by atoms with Crippen LogP contribution in [0.5, 0.6) is 0 Å². The molecule has 0 radical (unpaired) electrons. The number of carbonyl (C=O) groups is 1. The highest BCUT2D eigenvalue weighted by atomic mass is 32.2. The summed E-state index contributed by atoms with van der Waals surface area (Å²) in [7, 11) is -3.70. The Morgan fingerprint density at radius 2 is 1.61 bits per heavy atom. The van der Waals surface area contributed by atoms with Crippen LogP contribution >= 0.6 is 11.8 Å². The van der Waals surface area contributed by atoms with Gasteiger partial charge in [-0.1, -0.05) is 0 Å². The van der Waals surface area contributed by atoms with Crippen LogP contribution in [0.2, 0.25) is 0 Å². The second-order valence-electron chi connectivity index (χ2n) is 9.15. The third-order valence-electron chi connectivity index (χ3n) is 6.88. The molecule has 4 saturated carbocycles. The molecule has 0 spiro atoms. The van der Waals surface area contributed by atoms with Gasteiger partial charge in [0.05, 0.1) is 4.90 Å². The number of anilines is 1. The number of sulfonamides is 1. The van der Waals surface area contributed by atoms with Crippen molar-refractivity contribution in [2.24, 2.45) is 28.3 Å². The maximum Gasteiger partial charge on any atom is 0.238 e. The van der Waals surface area contributed by atoms with E-state index in [4.69, 9.17) is 5.14 Å². The van der Waals surface area contributed by atoms with Crippen LogP contribution in [0.25, 0.3) is 0 Å². The maximum absolute atomic E-state index is 12.1. The number of benzene rings is 1. The summed E-state index contributed by atoms with van der Waals surface area (Å²) in [6, 6.07) is 5.95. The van der Waals surface area contributed by atoms with E-state index in [1.54, 1.807) is 12.1 Å². The minimum atomic E-state index is -3.70. The Bertz CT molecular complexity index is 785. The van der Waals surface area contributed by atoms with E-state index in [0.717, 1.165) is 29.3 Å². The molecular formula is C21H30N2O3S2. The largest absolute Gasteiger partial charge is 0.326 e. The monoisotopic (exact) mass is 422 g/mol. The smallest absolute Gasteiger partial charge is 0.238 e. The average molecular weight is 423 g/mol. The van der Waals surface area contributed by atoms with Gasteiger partial charge in [-0.2, -0.15) is 11.8 Å². The standard InChI is InChI=1S/C21H30N2O3S2/c22-28(25,26)19-3-1-18(2-4-19)23-20(24)5-7-27-8-6-21-12-15-9-16(13-21)11-17(10-15)14-21/h1-4,15-17H,5-14H2,(H,23,24)(H2,22,25,26). The van der Waals surface area contributed by atoms with Gasteiger partial charge in [0, 0.05) is 17.9 Å². The van der Waals surface area contributed by atoms with E-state index in [2.05, 4.69) is 5.32 Å². The number of carbonyl (C=O) groups excluding carboxylic acids is 1. The molecular weight excluding hydrogens is 392 g/mol. The Kier molecular flexibility index (Phi) is 5.78. The van der Waals surface area contributed by atoms with Crippen molar-refractivity contribution in [3.8, 4) is 0 Å². The molecule has 7 heteroatoms. The normalized spacial score (nSPS) is 31.1. The van der Waals surface area contributed by atoms with Gasteiger partial charge < -0.3 is 5.32 Å². The summed E-state index contributed by atoms with van der Waals surface area (Å²) in [5.74, 6) is 4.95. The molecule has 0 aliphatic heterocycles. The number of hydrogen-bond acceptors (Lipinski definition) is 4. The van der Waals surface area contributed by atoms with Gasteiger partial charge in [-0.3, -0.25) is 4.79 Å². The second kappa shape index (κ2) is 8.00. The molecule has 1 amide bonds. The molecule has 4 aliphatic carbocycles. The Hall–Kier alpha value is -1.05. The summed E-state index contributed by atoms with van der Waals surface area (Å²) in [5, 5.41) is 7.90. The molecule has 3 N–H and O–H groups in total. The van der Waals surface area contributed by atoms with E-state index < -0.39 is 10.0 Å². The predicted octanol–water partition coefficient (Wildman–Crippen LogP) is 4.00. The molecule has 4 fully saturated rings. The van der Waals surface area contributed by atoms with Crippen LogP contribution in [0, 0.1) is 23.2 Å². The van der Waals surface area contributed by atoms with Crippen molar-refractivity contribution >= 4 is 33.4 Å². The average Bonchev–Trinajstić information content (AvgIpc) is 2.60. The van der Waals surface area contributed by atoms with Crippen LogP contribution in [-0.2, 0) is 14.8 Å². The molecule has 0 atom stereocenters. The van der Waals surface area contributed by atoms with Crippen molar-refractivity contribution in [2.75, 3.05) is 16.8 Å². The molecule has 28 heavy (non-hydrogen) atoms. The summed E-state index contributed by atoms with van der Waals surface area (Å²) < 4.78 is 22.5. The summed E-state index contributed by atoms with van der Waals surface area (Å²) in [6.07, 6.45) is 10.6. The second-order valence-corrected chi connectivity index (χ2v) is 11.9. The van der Waals surface area contributed by atoms with E-state index >= 15 is 0 Å². The van der Waals surface area contributed by atoms with Gasteiger partial charge in [0.15, 0.2) is 0 Å². The Balaban J connectivity index is 1.16. The van der Waals surface area contributed by atoms with E-state index in [1.165, 1.54) is 57.1 Å². The van der Waals surface area contributed by atoms with Gasteiger partial charge >= 0.3 is 0 Å². The molecule has 0 unspecified atom stereocenters. The zero-order valence-corrected chi connectivity index (χ0v) is 17.9. The third-order valence-corrected chi connectivity index (χ3v) is 8.80. The first kappa shape index (κ1) is 20.2. The van der Waals surface area contributed by atoms with Crippen molar-refractivity contribution in [1.82, 2.24) is 0 Å². The molecule has 0 aromatic heterocycles. The lowest BCUT2D eigenvalue weighted by Crippen LogP contribution is -2.46. The highest BCUT2D eigenvalue weighted by Gasteiger charge is 2.50. The van der Waals surface area contributed by atoms with Gasteiger partial charge in [0.25, 0.3) is 0 Å². The number of nitrogens with two attached hydrogens (primary N) is 1. The van der Waals surface area contributed by atoms with Crippen LogP contribution in [0.1, 0.15) is 51.4 Å². The lowest BCUT2D eigenvalue weighted by molar-refractivity contribution is -0.115. The molecule has 4 aliphatic rings. The van der Waals surface area contributed by atoms with Crippen molar-refractivity contribution in [1.29, 1.82) is 0 Å². The van der Waals surface area contributed by atoms with Crippen molar-refractivity contribution in [3.63, 3.8) is 0 Å². The maximum atomic E-state index is 12.1. The first-order chi connectivity index (χ1) is 13.3. The lowest BCUT2D eigenvalue weighted by atomic mass is 9.49. The minimum Gasteiger partial charge on any atom is -0.326 e. The molecule has 5 nitrogen and oxygen atoms in total. The Morgan fingerprint density at radius 3 is 2.14 bits per heavy atom. The number of primary sulfonamides is 1. The van der Waals surface area contributed by atoms with Crippen molar-refractivity contribution < 1.29 is 13.2 Å². The number of amides is 1. The first-order valence-electron chi connectivity index (χ1n) is 10.3. The number of hydrogen-bond donors (Lipinski definition) is 2. The number of nitrogens with one attached hydrogen (secondary N) is 1. The SMILES string of the molecule is NS(=O)(=O)c1ccc(NC(=O)CCSCCC23CC4CC(CC(C4)C2)C3)cc1. The fourth-order valence-corrected chi connectivity index (χ4v) is 7.73. The van der Waals surface area contributed by atoms with Gasteiger partial charge in [0.2, 0.25) is 15.9 Å². The highest BCUT2D eigenvalue weighted by molar-refractivity contribution is 7.99. The van der Waals surface area contributed by atoms with E-state index in [9.17, 15) is 13.2 Å². The van der Waals surface area contributed by atoms with Crippen molar-refractivity contribution in [3.05, 3.63) is 24.3 Å². The molecule has 5 rings (SSSR count). The van der Waals surface area contributed by atoms with E-state index in [1.807, 2.05) is 11.8 Å². The van der Waals surface area contributed by atoms with Gasteiger partial charge in [-0.25, -0.2) is 13.6 Å². The first-order valence-corrected chi connectivity index (χ1v) is 13.0. The molecule has 4 bridgehead atoms. The summed E-state index contributed by atoms with van der Waals surface area (Å²) >= 11 is 1.89. The number of thioether (sulfide) groups is 1. The van der Waals surface area contributed by atoms with Crippen LogP contribution < -0.4 is 10.5 Å². The molecule has 0 heterocycles. The van der Waals surface area contributed by atoms with E-state index in [0.29, 0.717) is 17.5 Å². The highest BCUT2D eigenvalue weighted by Crippen LogP contribution is 2.61.